The molecule has 0 radical (unpaired) electrons. The predicted octanol–water partition coefficient (Wildman–Crippen LogP) is 2.76. The fourth-order valence-corrected chi connectivity index (χ4v) is 3.46. The van der Waals surface area contributed by atoms with Crippen LogP contribution in [0.15, 0.2) is 36.4 Å². The third kappa shape index (κ3) is 3.20. The van der Waals surface area contributed by atoms with Gasteiger partial charge in [-0.2, -0.15) is 0 Å². The van der Waals surface area contributed by atoms with Crippen LogP contribution >= 0.6 is 0 Å². The molecule has 6 heteroatoms. The maximum Gasteiger partial charge on any atom is 0.257 e. The van der Waals surface area contributed by atoms with Crippen molar-refractivity contribution in [2.75, 3.05) is 26.1 Å². The molecule has 0 saturated carbocycles. The summed E-state index contributed by atoms with van der Waals surface area (Å²) < 4.78 is 11.0. The van der Waals surface area contributed by atoms with E-state index < -0.39 is 0 Å². The number of nitrogen functional groups attached to an aromatic ring is 1. The Morgan fingerprint density at radius 1 is 1.27 bits per heavy atom. The van der Waals surface area contributed by atoms with Gasteiger partial charge in [0.2, 0.25) is 0 Å². The zero-order valence-electron chi connectivity index (χ0n) is 15.1. The number of hydrogen-bond acceptors (Lipinski definition) is 5. The van der Waals surface area contributed by atoms with Gasteiger partial charge in [0.15, 0.2) is 11.5 Å². The van der Waals surface area contributed by atoms with Gasteiger partial charge in [0.25, 0.3) is 5.91 Å². The van der Waals surface area contributed by atoms with Crippen LogP contribution in [0, 0.1) is 0 Å². The minimum absolute atomic E-state index is 0.0315. The number of ether oxygens (including phenoxy) is 2. The summed E-state index contributed by atoms with van der Waals surface area (Å²) in [4.78, 5) is 14.7. The molecule has 26 heavy (non-hydrogen) atoms. The van der Waals surface area contributed by atoms with E-state index in [-0.39, 0.29) is 18.6 Å². The van der Waals surface area contributed by atoms with Crippen molar-refractivity contribution in [2.45, 2.75) is 25.9 Å². The first-order chi connectivity index (χ1) is 12.6. The number of aliphatic hydroxyl groups is 1. The molecule has 1 aliphatic heterocycles. The molecule has 0 bridgehead atoms. The van der Waals surface area contributed by atoms with Crippen molar-refractivity contribution in [1.29, 1.82) is 0 Å². The van der Waals surface area contributed by atoms with Crippen LogP contribution in [0.2, 0.25) is 0 Å². The van der Waals surface area contributed by atoms with E-state index in [1.54, 1.807) is 18.1 Å². The summed E-state index contributed by atoms with van der Waals surface area (Å²) in [6, 6.07) is 10.8. The van der Waals surface area contributed by atoms with Crippen LogP contribution in [0.25, 0.3) is 0 Å². The first kappa shape index (κ1) is 18.1. The summed E-state index contributed by atoms with van der Waals surface area (Å²) in [5, 5.41) is 9.57. The highest BCUT2D eigenvalue weighted by atomic mass is 16.5. The van der Waals surface area contributed by atoms with E-state index in [1.165, 1.54) is 0 Å². The average Bonchev–Trinajstić information content (AvgIpc) is 2.97. The van der Waals surface area contributed by atoms with E-state index >= 15 is 0 Å². The molecular formula is C20H24N2O4. The minimum Gasteiger partial charge on any atom is -0.493 e. The highest BCUT2D eigenvalue weighted by Crippen LogP contribution is 2.38. The lowest BCUT2D eigenvalue weighted by Crippen LogP contribution is -2.30. The zero-order valence-corrected chi connectivity index (χ0v) is 15.1. The number of methoxy groups -OCH3 is 1. The molecule has 138 valence electrons. The summed E-state index contributed by atoms with van der Waals surface area (Å²) in [5.41, 5.74) is 8.86. The SMILES string of the molecule is CCOc1cc(C(CCO)N2Cc3cccc(N)c3C2=O)ccc1OC. The molecule has 1 aliphatic rings. The number of aliphatic hydroxyl groups excluding tert-OH is 1. The molecule has 3 N–H and O–H groups in total. The number of rotatable bonds is 7. The van der Waals surface area contributed by atoms with Gasteiger partial charge in [-0.3, -0.25) is 4.79 Å². The molecule has 1 atom stereocenters. The first-order valence-electron chi connectivity index (χ1n) is 8.70. The predicted molar refractivity (Wildman–Crippen MR) is 99.3 cm³/mol. The Morgan fingerprint density at radius 3 is 2.73 bits per heavy atom. The molecule has 2 aromatic rings. The van der Waals surface area contributed by atoms with Crippen molar-refractivity contribution in [2.24, 2.45) is 0 Å². The van der Waals surface area contributed by atoms with Crippen molar-refractivity contribution >= 4 is 11.6 Å². The Bertz CT molecular complexity index is 806. The lowest BCUT2D eigenvalue weighted by molar-refractivity contribution is 0.0671. The Morgan fingerprint density at radius 2 is 2.08 bits per heavy atom. The summed E-state index contributed by atoms with van der Waals surface area (Å²) in [6.45, 7) is 2.85. The van der Waals surface area contributed by atoms with Crippen LogP contribution < -0.4 is 15.2 Å². The average molecular weight is 356 g/mol. The number of benzene rings is 2. The number of amides is 1. The Kier molecular flexibility index (Phi) is 5.32. The zero-order chi connectivity index (χ0) is 18.7. The maximum atomic E-state index is 12.9. The van der Waals surface area contributed by atoms with Crippen LogP contribution in [0.1, 0.15) is 40.9 Å². The second-order valence-electron chi connectivity index (χ2n) is 6.19. The number of nitrogens with zero attached hydrogens (tertiary/aromatic N) is 1. The van der Waals surface area contributed by atoms with Crippen molar-refractivity contribution in [3.05, 3.63) is 53.1 Å². The highest BCUT2D eigenvalue weighted by molar-refractivity contribution is 6.03. The largest absolute Gasteiger partial charge is 0.493 e. The molecule has 2 aromatic carbocycles. The summed E-state index contributed by atoms with van der Waals surface area (Å²) in [5.74, 6) is 1.16. The molecule has 0 aliphatic carbocycles. The van der Waals surface area contributed by atoms with Crippen LogP contribution in [0.5, 0.6) is 11.5 Å². The number of anilines is 1. The van der Waals surface area contributed by atoms with Crippen molar-refractivity contribution in [3.8, 4) is 11.5 Å². The summed E-state index contributed by atoms with van der Waals surface area (Å²) in [6.07, 6.45) is 0.428. The topological polar surface area (TPSA) is 85.0 Å². The van der Waals surface area contributed by atoms with Crippen LogP contribution in [-0.2, 0) is 6.54 Å². The standard InChI is InChI=1S/C20H24N2O4/c1-3-26-18-11-13(7-8-17(18)25-2)16(9-10-23)22-12-14-5-4-6-15(21)19(14)20(22)24/h4-8,11,16,23H,3,9-10,12,21H2,1-2H3. The van der Waals surface area contributed by atoms with Gasteiger partial charge in [-0.1, -0.05) is 18.2 Å². The second kappa shape index (κ2) is 7.66. The Balaban J connectivity index is 1.97. The fraction of sp³-hybridized carbons (Fsp3) is 0.350. The van der Waals surface area contributed by atoms with Gasteiger partial charge in [0.05, 0.1) is 25.3 Å². The number of carbonyl (C=O) groups is 1. The second-order valence-corrected chi connectivity index (χ2v) is 6.19. The molecule has 0 fully saturated rings. The molecule has 0 aromatic heterocycles. The van der Waals surface area contributed by atoms with Crippen LogP contribution in [0.4, 0.5) is 5.69 Å². The molecule has 1 amide bonds. The summed E-state index contributed by atoms with van der Waals surface area (Å²) in [7, 11) is 1.59. The van der Waals surface area contributed by atoms with E-state index in [0.717, 1.165) is 11.1 Å². The molecule has 0 spiro atoms. The van der Waals surface area contributed by atoms with Gasteiger partial charge in [0, 0.05) is 18.8 Å². The summed E-state index contributed by atoms with van der Waals surface area (Å²) >= 11 is 0. The van der Waals surface area contributed by atoms with Crippen molar-refractivity contribution in [3.63, 3.8) is 0 Å². The van der Waals surface area contributed by atoms with Crippen molar-refractivity contribution in [1.82, 2.24) is 4.90 Å². The number of fused-ring (bicyclic) bond motifs is 1. The van der Waals surface area contributed by atoms with Crippen molar-refractivity contribution < 1.29 is 19.4 Å². The minimum atomic E-state index is -0.274. The number of carbonyl (C=O) groups excluding carboxylic acids is 1. The quantitative estimate of drug-likeness (QED) is 0.745. The molecule has 0 saturated heterocycles. The third-order valence-electron chi connectivity index (χ3n) is 4.65. The normalized spacial score (nSPS) is 14.3. The molecule has 1 heterocycles. The van der Waals surface area contributed by atoms with Gasteiger partial charge < -0.3 is 25.2 Å². The lowest BCUT2D eigenvalue weighted by atomic mass is 10.0. The molecule has 1 unspecified atom stereocenters. The first-order valence-corrected chi connectivity index (χ1v) is 8.70. The van der Waals surface area contributed by atoms with E-state index in [0.29, 0.717) is 42.3 Å². The van der Waals surface area contributed by atoms with Crippen LogP contribution in [-0.4, -0.2) is 36.2 Å². The van der Waals surface area contributed by atoms with Gasteiger partial charge in [-0.05, 0) is 42.7 Å². The van der Waals surface area contributed by atoms with Gasteiger partial charge in [-0.15, -0.1) is 0 Å². The molecule has 3 rings (SSSR count). The van der Waals surface area contributed by atoms with Crippen LogP contribution in [0.3, 0.4) is 0 Å². The Hall–Kier alpha value is -2.73. The van der Waals surface area contributed by atoms with E-state index in [4.69, 9.17) is 15.2 Å². The lowest BCUT2D eigenvalue weighted by Gasteiger charge is -2.28. The van der Waals surface area contributed by atoms with E-state index in [9.17, 15) is 9.90 Å². The fourth-order valence-electron chi connectivity index (χ4n) is 3.46. The highest BCUT2D eigenvalue weighted by Gasteiger charge is 2.34. The van der Waals surface area contributed by atoms with E-state index in [2.05, 4.69) is 0 Å². The van der Waals surface area contributed by atoms with Gasteiger partial charge in [-0.25, -0.2) is 0 Å². The van der Waals surface area contributed by atoms with E-state index in [1.807, 2.05) is 37.3 Å². The third-order valence-corrected chi connectivity index (χ3v) is 4.65. The maximum absolute atomic E-state index is 12.9. The smallest absolute Gasteiger partial charge is 0.257 e. The Labute approximate surface area is 153 Å². The molecule has 6 nitrogen and oxygen atoms in total. The monoisotopic (exact) mass is 356 g/mol. The number of nitrogens with two attached hydrogens (primary N) is 1. The van der Waals surface area contributed by atoms with Gasteiger partial charge in [0.1, 0.15) is 0 Å². The number of hydrogen-bond donors (Lipinski definition) is 2. The molecular weight excluding hydrogens is 332 g/mol. The van der Waals surface area contributed by atoms with Gasteiger partial charge >= 0.3 is 0 Å².